The molecule has 0 radical (unpaired) electrons. The third kappa shape index (κ3) is 2.16. The summed E-state index contributed by atoms with van der Waals surface area (Å²) in [5, 5.41) is 11.7. The van der Waals surface area contributed by atoms with E-state index in [0.29, 0.717) is 11.2 Å². The largest absolute Gasteiger partial charge is 0.497 e. The van der Waals surface area contributed by atoms with Crippen LogP contribution < -0.4 is 10.1 Å². The van der Waals surface area contributed by atoms with Crippen LogP contribution in [0.5, 0.6) is 5.75 Å². The van der Waals surface area contributed by atoms with Crippen LogP contribution in [0.2, 0.25) is 0 Å². The van der Waals surface area contributed by atoms with Gasteiger partial charge in [-0.2, -0.15) is 4.98 Å². The molecule has 3 heterocycles. The minimum absolute atomic E-state index is 0.113. The summed E-state index contributed by atoms with van der Waals surface area (Å²) in [4.78, 5) is 16.4. The number of carbonyl (C=O) groups is 1. The molecular formula is C16H13N5O3. The van der Waals surface area contributed by atoms with Crippen LogP contribution in [0.4, 0.5) is 5.95 Å². The lowest BCUT2D eigenvalue weighted by Gasteiger charge is -2.01. The number of ether oxygens (including phenoxy) is 1. The summed E-state index contributed by atoms with van der Waals surface area (Å²) in [7, 11) is 3.49. The van der Waals surface area contributed by atoms with Gasteiger partial charge in [-0.05, 0) is 30.3 Å². The number of aryl methyl sites for hydroxylation is 1. The molecule has 0 aliphatic rings. The number of carbonyl (C=O) groups excluding carboxylic acids is 1. The number of methoxy groups -OCH3 is 1. The van der Waals surface area contributed by atoms with E-state index in [1.54, 1.807) is 19.2 Å². The lowest BCUT2D eigenvalue weighted by molar-refractivity contribution is 0.0995. The minimum atomic E-state index is -0.429. The first-order valence-electron chi connectivity index (χ1n) is 7.19. The molecule has 120 valence electrons. The Hall–Kier alpha value is -3.42. The van der Waals surface area contributed by atoms with Crippen molar-refractivity contribution in [2.75, 3.05) is 12.4 Å². The lowest BCUT2D eigenvalue weighted by Crippen LogP contribution is -2.14. The summed E-state index contributed by atoms with van der Waals surface area (Å²) in [5.74, 6) is 0.593. The lowest BCUT2D eigenvalue weighted by atomic mass is 10.2. The van der Waals surface area contributed by atoms with Crippen LogP contribution in [0.3, 0.4) is 0 Å². The van der Waals surface area contributed by atoms with E-state index in [1.807, 2.05) is 29.8 Å². The molecule has 8 nitrogen and oxygen atoms in total. The van der Waals surface area contributed by atoms with Crippen LogP contribution in [-0.2, 0) is 7.05 Å². The van der Waals surface area contributed by atoms with Crippen molar-refractivity contribution in [2.24, 2.45) is 7.05 Å². The number of rotatable bonds is 3. The number of fused-ring (bicyclic) bond motifs is 3. The molecule has 0 saturated carbocycles. The second-order valence-corrected chi connectivity index (χ2v) is 5.18. The molecule has 0 fully saturated rings. The maximum Gasteiger partial charge on any atom is 0.293 e. The highest BCUT2D eigenvalue weighted by atomic mass is 16.5. The van der Waals surface area contributed by atoms with Crippen molar-refractivity contribution in [3.63, 3.8) is 0 Å². The van der Waals surface area contributed by atoms with E-state index in [2.05, 4.69) is 20.5 Å². The monoisotopic (exact) mass is 323 g/mol. The maximum absolute atomic E-state index is 12.0. The topological polar surface area (TPSA) is 95.1 Å². The number of hydrogen-bond donors (Lipinski definition) is 1. The first kappa shape index (κ1) is 14.2. The highest BCUT2D eigenvalue weighted by molar-refractivity contribution is 6.05. The fourth-order valence-corrected chi connectivity index (χ4v) is 2.59. The zero-order valence-corrected chi connectivity index (χ0v) is 13.0. The SMILES string of the molecule is COc1ccc2c(c1)c1nnc(NC(=O)c3ccco3)nc1n2C. The number of anilines is 1. The fourth-order valence-electron chi connectivity index (χ4n) is 2.59. The first-order chi connectivity index (χ1) is 11.7. The van der Waals surface area contributed by atoms with E-state index in [9.17, 15) is 4.79 Å². The molecular weight excluding hydrogens is 310 g/mol. The molecule has 1 N–H and O–H groups in total. The minimum Gasteiger partial charge on any atom is -0.497 e. The third-order valence-corrected chi connectivity index (χ3v) is 3.78. The van der Waals surface area contributed by atoms with Gasteiger partial charge in [-0.15, -0.1) is 10.2 Å². The van der Waals surface area contributed by atoms with Gasteiger partial charge in [0.05, 0.1) is 18.9 Å². The third-order valence-electron chi connectivity index (χ3n) is 3.78. The van der Waals surface area contributed by atoms with Crippen LogP contribution >= 0.6 is 0 Å². The second-order valence-electron chi connectivity index (χ2n) is 5.18. The van der Waals surface area contributed by atoms with Crippen molar-refractivity contribution >= 4 is 33.9 Å². The van der Waals surface area contributed by atoms with Crippen molar-refractivity contribution in [3.05, 3.63) is 42.4 Å². The van der Waals surface area contributed by atoms with E-state index in [1.165, 1.54) is 6.26 Å². The molecule has 1 aromatic carbocycles. The van der Waals surface area contributed by atoms with Crippen LogP contribution in [0.1, 0.15) is 10.6 Å². The van der Waals surface area contributed by atoms with E-state index in [-0.39, 0.29) is 11.7 Å². The van der Waals surface area contributed by atoms with Gasteiger partial charge in [-0.25, -0.2) is 0 Å². The summed E-state index contributed by atoms with van der Waals surface area (Å²) >= 11 is 0. The summed E-state index contributed by atoms with van der Waals surface area (Å²) < 4.78 is 12.2. The highest BCUT2D eigenvalue weighted by Crippen LogP contribution is 2.28. The summed E-state index contributed by atoms with van der Waals surface area (Å²) in [5.41, 5.74) is 2.20. The first-order valence-corrected chi connectivity index (χ1v) is 7.19. The number of nitrogens with one attached hydrogen (secondary N) is 1. The van der Waals surface area contributed by atoms with Gasteiger partial charge in [0, 0.05) is 12.4 Å². The summed E-state index contributed by atoms with van der Waals surface area (Å²) in [6.45, 7) is 0. The number of aromatic nitrogens is 4. The summed E-state index contributed by atoms with van der Waals surface area (Å²) in [6, 6.07) is 8.88. The molecule has 1 amide bonds. The molecule has 0 aliphatic carbocycles. The van der Waals surface area contributed by atoms with Gasteiger partial charge in [-0.3, -0.25) is 10.1 Å². The van der Waals surface area contributed by atoms with Gasteiger partial charge >= 0.3 is 0 Å². The Morgan fingerprint density at radius 2 is 2.17 bits per heavy atom. The molecule has 0 bridgehead atoms. The maximum atomic E-state index is 12.0. The van der Waals surface area contributed by atoms with Crippen molar-refractivity contribution in [3.8, 4) is 5.75 Å². The molecule has 3 aromatic heterocycles. The average molecular weight is 323 g/mol. The predicted molar refractivity (Wildman–Crippen MR) is 87.0 cm³/mol. The Labute approximate surface area is 136 Å². The van der Waals surface area contributed by atoms with Crippen LogP contribution in [0.25, 0.3) is 22.1 Å². The van der Waals surface area contributed by atoms with Crippen LogP contribution in [0.15, 0.2) is 41.0 Å². The Morgan fingerprint density at radius 1 is 1.29 bits per heavy atom. The summed E-state index contributed by atoms with van der Waals surface area (Å²) in [6.07, 6.45) is 1.43. The Balaban J connectivity index is 1.79. The zero-order valence-electron chi connectivity index (χ0n) is 13.0. The number of hydrogen-bond acceptors (Lipinski definition) is 6. The standard InChI is InChI=1S/C16H13N5O3/c1-21-11-6-5-9(23-2)8-10(11)13-14(21)17-16(20-19-13)18-15(22)12-4-3-7-24-12/h3-8H,1-2H3,(H,17,18,20,22). The van der Waals surface area contributed by atoms with E-state index in [0.717, 1.165) is 16.7 Å². The Bertz CT molecular complexity index is 1050. The molecule has 0 unspecified atom stereocenters. The Morgan fingerprint density at radius 3 is 2.92 bits per heavy atom. The van der Waals surface area contributed by atoms with E-state index >= 15 is 0 Å². The number of benzene rings is 1. The van der Waals surface area contributed by atoms with Gasteiger partial charge < -0.3 is 13.7 Å². The van der Waals surface area contributed by atoms with Crippen LogP contribution in [0, 0.1) is 0 Å². The van der Waals surface area contributed by atoms with Crippen molar-refractivity contribution in [1.82, 2.24) is 19.7 Å². The van der Waals surface area contributed by atoms with Crippen molar-refractivity contribution < 1.29 is 13.9 Å². The quantitative estimate of drug-likeness (QED) is 0.622. The number of furan rings is 1. The fraction of sp³-hybridized carbons (Fsp3) is 0.125. The van der Waals surface area contributed by atoms with Gasteiger partial charge in [-0.1, -0.05) is 0 Å². The highest BCUT2D eigenvalue weighted by Gasteiger charge is 2.16. The van der Waals surface area contributed by atoms with Gasteiger partial charge in [0.25, 0.3) is 11.9 Å². The molecule has 24 heavy (non-hydrogen) atoms. The smallest absolute Gasteiger partial charge is 0.293 e. The zero-order chi connectivity index (χ0) is 16.7. The van der Waals surface area contributed by atoms with Gasteiger partial charge in [0.2, 0.25) is 0 Å². The molecule has 0 spiro atoms. The average Bonchev–Trinajstić information content (AvgIpc) is 3.23. The molecule has 4 aromatic rings. The Kier molecular flexibility index (Phi) is 3.16. The second kappa shape index (κ2) is 5.34. The van der Waals surface area contributed by atoms with E-state index < -0.39 is 5.91 Å². The van der Waals surface area contributed by atoms with E-state index in [4.69, 9.17) is 9.15 Å². The molecule has 4 rings (SSSR count). The molecule has 0 saturated heterocycles. The normalized spacial score (nSPS) is 11.1. The molecule has 0 atom stereocenters. The van der Waals surface area contributed by atoms with Gasteiger partial charge in [0.15, 0.2) is 11.4 Å². The number of nitrogens with zero attached hydrogens (tertiary/aromatic N) is 4. The molecule has 0 aliphatic heterocycles. The number of amides is 1. The van der Waals surface area contributed by atoms with Crippen molar-refractivity contribution in [1.29, 1.82) is 0 Å². The van der Waals surface area contributed by atoms with Gasteiger partial charge in [0.1, 0.15) is 11.3 Å². The van der Waals surface area contributed by atoms with Crippen molar-refractivity contribution in [2.45, 2.75) is 0 Å². The predicted octanol–water partition coefficient (Wildman–Crippen LogP) is 2.37. The van der Waals surface area contributed by atoms with Crippen LogP contribution in [-0.4, -0.2) is 32.8 Å². The molecule has 8 heteroatoms.